The fraction of sp³-hybridized carbons (Fsp3) is 0. The van der Waals surface area contributed by atoms with E-state index in [0.29, 0.717) is 25.7 Å². The van der Waals surface area contributed by atoms with Gasteiger partial charge in [0.2, 0.25) is 0 Å². The van der Waals surface area contributed by atoms with Crippen molar-refractivity contribution < 1.29 is 4.79 Å². The molecule has 1 aliphatic heterocycles. The Morgan fingerprint density at radius 1 is 0.923 bits per heavy atom. The van der Waals surface area contributed by atoms with Crippen molar-refractivity contribution in [2.75, 3.05) is 0 Å². The van der Waals surface area contributed by atoms with Gasteiger partial charge in [-0.25, -0.2) is 4.99 Å². The highest BCUT2D eigenvalue weighted by molar-refractivity contribution is 8.18. The van der Waals surface area contributed by atoms with Gasteiger partial charge in [-0.2, -0.15) is 0 Å². The molecule has 1 N–H and O–H groups in total. The first-order valence-electron chi connectivity index (χ1n) is 7.83. The number of fused-ring (bicyclic) bond motifs is 1. The molecular formula is C20H12Cl2N2OS. The van der Waals surface area contributed by atoms with Gasteiger partial charge in [0.1, 0.15) is 0 Å². The molecule has 3 nitrogen and oxygen atoms in total. The van der Waals surface area contributed by atoms with Crippen molar-refractivity contribution >= 4 is 68.6 Å². The van der Waals surface area contributed by atoms with Gasteiger partial charge >= 0.3 is 0 Å². The molecule has 1 fully saturated rings. The van der Waals surface area contributed by atoms with E-state index in [0.717, 1.165) is 16.5 Å². The highest BCUT2D eigenvalue weighted by Crippen LogP contribution is 2.34. The Morgan fingerprint density at radius 2 is 1.62 bits per heavy atom. The number of nitrogens with zero attached hydrogens (tertiary/aromatic N) is 1. The number of benzene rings is 3. The minimum absolute atomic E-state index is 0.218. The van der Waals surface area contributed by atoms with Crippen LogP contribution in [0.1, 0.15) is 5.56 Å². The van der Waals surface area contributed by atoms with Crippen molar-refractivity contribution in [2.45, 2.75) is 0 Å². The summed E-state index contributed by atoms with van der Waals surface area (Å²) in [6, 6.07) is 19.1. The summed E-state index contributed by atoms with van der Waals surface area (Å²) in [6.07, 6.45) is 1.69. The molecule has 128 valence electrons. The molecule has 6 heteroatoms. The summed E-state index contributed by atoms with van der Waals surface area (Å²) in [7, 11) is 0. The van der Waals surface area contributed by atoms with Gasteiger partial charge in [0.15, 0.2) is 5.17 Å². The third kappa shape index (κ3) is 3.36. The Labute approximate surface area is 164 Å². The molecule has 0 spiro atoms. The SMILES string of the molecule is O=C1NC(=Nc2cccc3ccccc23)S/C1=C\c1c(Cl)cccc1Cl. The highest BCUT2D eigenvalue weighted by atomic mass is 35.5. The van der Waals surface area contributed by atoms with Gasteiger partial charge in [-0.3, -0.25) is 4.79 Å². The standard InChI is InChI=1S/C20H12Cl2N2OS/c21-15-8-4-9-16(22)14(15)11-18-19(25)24-20(26-18)23-17-10-3-6-12-5-1-2-7-13(12)17/h1-11H,(H,23,24,25)/b18-11-. The summed E-state index contributed by atoms with van der Waals surface area (Å²) in [5.41, 5.74) is 1.43. The van der Waals surface area contributed by atoms with Crippen LogP contribution >= 0.6 is 35.0 Å². The van der Waals surface area contributed by atoms with Crippen LogP contribution in [0.25, 0.3) is 16.8 Å². The number of thioether (sulfide) groups is 1. The van der Waals surface area contributed by atoms with Crippen molar-refractivity contribution in [3.63, 3.8) is 0 Å². The summed E-state index contributed by atoms with van der Waals surface area (Å²) in [6.45, 7) is 0. The number of amidine groups is 1. The first kappa shape index (κ1) is 17.2. The maximum Gasteiger partial charge on any atom is 0.264 e. The number of hydrogen-bond donors (Lipinski definition) is 1. The maximum absolute atomic E-state index is 12.3. The van der Waals surface area contributed by atoms with E-state index in [9.17, 15) is 4.79 Å². The predicted molar refractivity (Wildman–Crippen MR) is 111 cm³/mol. The van der Waals surface area contributed by atoms with Crippen LogP contribution in [0, 0.1) is 0 Å². The first-order chi connectivity index (χ1) is 12.6. The van der Waals surface area contributed by atoms with Crippen molar-refractivity contribution in [2.24, 2.45) is 4.99 Å². The van der Waals surface area contributed by atoms with Crippen LogP contribution in [0.4, 0.5) is 5.69 Å². The fourth-order valence-corrected chi connectivity index (χ4v) is 4.00. The second kappa shape index (κ2) is 7.16. The van der Waals surface area contributed by atoms with E-state index in [1.807, 2.05) is 42.5 Å². The van der Waals surface area contributed by atoms with Gasteiger partial charge in [0, 0.05) is 21.0 Å². The van der Waals surface area contributed by atoms with E-state index >= 15 is 0 Å². The Kier molecular flexibility index (Phi) is 4.72. The molecule has 4 rings (SSSR count). The molecule has 0 aromatic heterocycles. The molecule has 1 heterocycles. The molecule has 1 aliphatic rings. The van der Waals surface area contributed by atoms with Gasteiger partial charge in [-0.1, -0.05) is 65.7 Å². The Balaban J connectivity index is 1.70. The molecule has 26 heavy (non-hydrogen) atoms. The van der Waals surface area contributed by atoms with E-state index in [2.05, 4.69) is 10.3 Å². The lowest BCUT2D eigenvalue weighted by Gasteiger charge is -2.02. The van der Waals surface area contributed by atoms with Crippen LogP contribution < -0.4 is 5.32 Å². The van der Waals surface area contributed by atoms with Crippen LogP contribution in [-0.4, -0.2) is 11.1 Å². The number of carbonyl (C=O) groups is 1. The summed E-state index contributed by atoms with van der Waals surface area (Å²) in [4.78, 5) is 17.4. The molecule has 0 atom stereocenters. The molecule has 0 bridgehead atoms. The smallest absolute Gasteiger partial charge is 0.264 e. The fourth-order valence-electron chi connectivity index (χ4n) is 2.68. The molecule has 0 aliphatic carbocycles. The zero-order chi connectivity index (χ0) is 18.1. The third-order valence-corrected chi connectivity index (χ3v) is 5.48. The van der Waals surface area contributed by atoms with E-state index < -0.39 is 0 Å². The van der Waals surface area contributed by atoms with Crippen molar-refractivity contribution in [1.29, 1.82) is 0 Å². The largest absolute Gasteiger partial charge is 0.300 e. The molecule has 0 saturated carbocycles. The average Bonchev–Trinajstić information content (AvgIpc) is 2.98. The third-order valence-electron chi connectivity index (χ3n) is 3.91. The van der Waals surface area contributed by atoms with Gasteiger partial charge in [0.25, 0.3) is 5.91 Å². The Bertz CT molecular complexity index is 1070. The number of hydrogen-bond acceptors (Lipinski definition) is 3. The zero-order valence-electron chi connectivity index (χ0n) is 13.4. The number of carbonyl (C=O) groups excluding carboxylic acids is 1. The first-order valence-corrected chi connectivity index (χ1v) is 9.40. The molecular weight excluding hydrogens is 387 g/mol. The summed E-state index contributed by atoms with van der Waals surface area (Å²) >= 11 is 13.6. The summed E-state index contributed by atoms with van der Waals surface area (Å²) < 4.78 is 0. The van der Waals surface area contributed by atoms with Crippen molar-refractivity contribution in [3.8, 4) is 0 Å². The van der Waals surface area contributed by atoms with E-state index in [1.165, 1.54) is 11.8 Å². The second-order valence-corrected chi connectivity index (χ2v) is 7.46. The molecule has 1 amide bonds. The topological polar surface area (TPSA) is 41.5 Å². The Morgan fingerprint density at radius 3 is 2.42 bits per heavy atom. The number of nitrogens with one attached hydrogen (secondary N) is 1. The number of rotatable bonds is 2. The van der Waals surface area contributed by atoms with Gasteiger partial charge in [0.05, 0.1) is 10.6 Å². The molecule has 3 aromatic rings. The highest BCUT2D eigenvalue weighted by Gasteiger charge is 2.24. The van der Waals surface area contributed by atoms with Crippen LogP contribution in [0.3, 0.4) is 0 Å². The molecule has 0 unspecified atom stereocenters. The second-order valence-electron chi connectivity index (χ2n) is 5.62. The van der Waals surface area contributed by atoms with Crippen molar-refractivity contribution in [1.82, 2.24) is 5.32 Å². The van der Waals surface area contributed by atoms with E-state index in [-0.39, 0.29) is 5.91 Å². The number of aliphatic imine (C=N–C) groups is 1. The normalized spacial score (nSPS) is 17.2. The summed E-state index contributed by atoms with van der Waals surface area (Å²) in [5, 5.41) is 6.45. The maximum atomic E-state index is 12.3. The van der Waals surface area contributed by atoms with Crippen LogP contribution in [0.2, 0.25) is 10.0 Å². The van der Waals surface area contributed by atoms with Crippen LogP contribution in [0.15, 0.2) is 70.6 Å². The molecule has 0 radical (unpaired) electrons. The van der Waals surface area contributed by atoms with E-state index in [1.54, 1.807) is 24.3 Å². The van der Waals surface area contributed by atoms with Crippen LogP contribution in [-0.2, 0) is 4.79 Å². The minimum atomic E-state index is -0.218. The minimum Gasteiger partial charge on any atom is -0.300 e. The van der Waals surface area contributed by atoms with Crippen LogP contribution in [0.5, 0.6) is 0 Å². The van der Waals surface area contributed by atoms with Gasteiger partial charge in [-0.05, 0) is 41.4 Å². The lowest BCUT2D eigenvalue weighted by Crippen LogP contribution is -2.19. The lowest BCUT2D eigenvalue weighted by molar-refractivity contribution is -0.115. The van der Waals surface area contributed by atoms with Gasteiger partial charge < -0.3 is 5.32 Å². The van der Waals surface area contributed by atoms with E-state index in [4.69, 9.17) is 23.2 Å². The predicted octanol–water partition coefficient (Wildman–Crippen LogP) is 6.04. The number of amides is 1. The quantitative estimate of drug-likeness (QED) is 0.534. The average molecular weight is 399 g/mol. The Hall–Kier alpha value is -2.27. The summed E-state index contributed by atoms with van der Waals surface area (Å²) in [5.74, 6) is -0.218. The molecule has 1 saturated heterocycles. The van der Waals surface area contributed by atoms with Gasteiger partial charge in [-0.15, -0.1) is 0 Å². The zero-order valence-corrected chi connectivity index (χ0v) is 15.7. The number of halogens is 2. The van der Waals surface area contributed by atoms with Crippen molar-refractivity contribution in [3.05, 3.63) is 81.2 Å². The lowest BCUT2D eigenvalue weighted by atomic mass is 10.1. The monoisotopic (exact) mass is 398 g/mol. The molecule has 3 aromatic carbocycles.